The van der Waals surface area contributed by atoms with Crippen LogP contribution in [0.4, 0.5) is 5.69 Å². The minimum absolute atomic E-state index is 0.187. The number of benzene rings is 2. The van der Waals surface area contributed by atoms with Crippen LogP contribution in [0.3, 0.4) is 0 Å². The van der Waals surface area contributed by atoms with Crippen molar-refractivity contribution in [2.75, 3.05) is 5.73 Å². The van der Waals surface area contributed by atoms with Crippen molar-refractivity contribution in [3.8, 4) is 0 Å². The molecule has 150 valence electrons. The number of nitrogens with two attached hydrogens (primary N) is 1. The lowest BCUT2D eigenvalue weighted by Crippen LogP contribution is -2.09. The number of nitrogens with zero attached hydrogens (tertiary/aromatic N) is 2. The van der Waals surface area contributed by atoms with Gasteiger partial charge in [0.2, 0.25) is 0 Å². The highest BCUT2D eigenvalue weighted by atomic mass is 35.5. The van der Waals surface area contributed by atoms with Gasteiger partial charge >= 0.3 is 5.97 Å². The Morgan fingerprint density at radius 2 is 1.93 bits per heavy atom. The maximum Gasteiger partial charge on any atom is 0.336 e. The van der Waals surface area contributed by atoms with Crippen LogP contribution in [0, 0.1) is 0 Å². The summed E-state index contributed by atoms with van der Waals surface area (Å²) in [5, 5.41) is 10.5. The summed E-state index contributed by atoms with van der Waals surface area (Å²) in [7, 11) is 0. The highest BCUT2D eigenvalue weighted by Crippen LogP contribution is 2.23. The van der Waals surface area contributed by atoms with Gasteiger partial charge in [0.05, 0.1) is 24.0 Å². The van der Waals surface area contributed by atoms with Gasteiger partial charge in [-0.15, -0.1) is 0 Å². The van der Waals surface area contributed by atoms with Crippen LogP contribution < -0.4 is 5.73 Å². The Bertz CT molecular complexity index is 1020. The maximum atomic E-state index is 11.9. The van der Waals surface area contributed by atoms with Gasteiger partial charge in [-0.2, -0.15) is 0 Å². The lowest BCUT2D eigenvalue weighted by molar-refractivity contribution is -0.130. The molecule has 0 radical (unpaired) electrons. The third kappa shape index (κ3) is 5.06. The van der Waals surface area contributed by atoms with Gasteiger partial charge in [0.25, 0.3) is 0 Å². The van der Waals surface area contributed by atoms with Crippen molar-refractivity contribution in [3.63, 3.8) is 0 Å². The van der Waals surface area contributed by atoms with Crippen LogP contribution in [-0.4, -0.2) is 20.6 Å². The van der Waals surface area contributed by atoms with Crippen molar-refractivity contribution in [2.45, 2.75) is 32.7 Å². The van der Waals surface area contributed by atoms with Crippen LogP contribution in [0.15, 0.2) is 54.7 Å². The smallest absolute Gasteiger partial charge is 0.336 e. The number of carboxylic acid groups (broad SMARTS) is 1. The number of anilines is 1. The van der Waals surface area contributed by atoms with E-state index < -0.39 is 5.97 Å². The van der Waals surface area contributed by atoms with Gasteiger partial charge < -0.3 is 15.4 Å². The van der Waals surface area contributed by atoms with Crippen LogP contribution in [-0.2, 0) is 17.8 Å². The summed E-state index contributed by atoms with van der Waals surface area (Å²) in [5.74, 6) is -0.0876. The Hall–Kier alpha value is -3.05. The third-order valence-corrected chi connectivity index (χ3v) is 5.12. The van der Waals surface area contributed by atoms with E-state index in [-0.39, 0.29) is 5.57 Å². The second-order valence-corrected chi connectivity index (χ2v) is 7.27. The molecule has 0 saturated heterocycles. The first-order valence-corrected chi connectivity index (χ1v) is 9.96. The van der Waals surface area contributed by atoms with Crippen LogP contribution >= 0.6 is 11.6 Å². The minimum Gasteiger partial charge on any atom is -0.478 e. The normalized spacial score (nSPS) is 11.6. The number of carboxylic acids is 1. The van der Waals surface area contributed by atoms with Gasteiger partial charge in [0.1, 0.15) is 5.82 Å². The second kappa shape index (κ2) is 9.43. The first kappa shape index (κ1) is 20.7. The van der Waals surface area contributed by atoms with Crippen molar-refractivity contribution in [1.82, 2.24) is 9.55 Å². The molecule has 5 nitrogen and oxygen atoms in total. The molecule has 1 aromatic heterocycles. The van der Waals surface area contributed by atoms with E-state index in [0.717, 1.165) is 36.3 Å². The number of carbonyl (C=O) groups is 1. The first-order chi connectivity index (χ1) is 14.0. The summed E-state index contributed by atoms with van der Waals surface area (Å²) in [4.78, 5) is 16.5. The Labute approximate surface area is 175 Å². The molecule has 0 fully saturated rings. The molecule has 0 atom stereocenters. The van der Waals surface area contributed by atoms with Gasteiger partial charge in [-0.1, -0.05) is 55.3 Å². The van der Waals surface area contributed by atoms with E-state index in [1.807, 2.05) is 28.8 Å². The van der Waals surface area contributed by atoms with Gasteiger partial charge in [0.15, 0.2) is 0 Å². The van der Waals surface area contributed by atoms with E-state index in [1.54, 1.807) is 36.5 Å². The molecule has 0 aliphatic heterocycles. The molecule has 1 heterocycles. The molecule has 0 aliphatic rings. The molecule has 0 amide bonds. The third-order valence-electron chi connectivity index (χ3n) is 4.75. The molecule has 0 unspecified atom stereocenters. The second-order valence-electron chi connectivity index (χ2n) is 6.87. The van der Waals surface area contributed by atoms with E-state index in [4.69, 9.17) is 17.3 Å². The fourth-order valence-corrected chi connectivity index (χ4v) is 3.33. The number of halogens is 1. The fraction of sp³-hybridized carbons (Fsp3) is 0.217. The van der Waals surface area contributed by atoms with Crippen LogP contribution in [0.5, 0.6) is 0 Å². The van der Waals surface area contributed by atoms with E-state index in [2.05, 4.69) is 11.9 Å². The number of hydrogen-bond donors (Lipinski definition) is 2. The molecular weight excluding hydrogens is 386 g/mol. The zero-order chi connectivity index (χ0) is 20.8. The molecule has 2 aromatic carbocycles. The Morgan fingerprint density at radius 3 is 2.59 bits per heavy atom. The number of aryl methyl sites for hydroxylation is 1. The summed E-state index contributed by atoms with van der Waals surface area (Å²) in [6.45, 7) is 2.66. The summed E-state index contributed by atoms with van der Waals surface area (Å²) in [5.41, 5.74) is 8.79. The Balaban J connectivity index is 2.06. The Kier molecular flexibility index (Phi) is 6.73. The number of hydrogen-bond acceptors (Lipinski definition) is 3. The molecule has 29 heavy (non-hydrogen) atoms. The zero-order valence-corrected chi connectivity index (χ0v) is 17.1. The monoisotopic (exact) mass is 409 g/mol. The quantitative estimate of drug-likeness (QED) is 0.399. The van der Waals surface area contributed by atoms with Crippen molar-refractivity contribution in [2.24, 2.45) is 0 Å². The van der Waals surface area contributed by atoms with Gasteiger partial charge in [0, 0.05) is 17.1 Å². The predicted molar refractivity (Wildman–Crippen MR) is 118 cm³/mol. The van der Waals surface area contributed by atoms with Crippen molar-refractivity contribution < 1.29 is 9.90 Å². The van der Waals surface area contributed by atoms with E-state index in [9.17, 15) is 9.90 Å². The molecule has 3 aromatic rings. The number of imidazole rings is 1. The first-order valence-electron chi connectivity index (χ1n) is 9.58. The summed E-state index contributed by atoms with van der Waals surface area (Å²) >= 11 is 6.36. The molecule has 3 rings (SSSR count). The van der Waals surface area contributed by atoms with Crippen molar-refractivity contribution >= 4 is 34.9 Å². The number of aliphatic carboxylic acids is 1. The molecule has 0 saturated carbocycles. The topological polar surface area (TPSA) is 81.1 Å². The average Bonchev–Trinajstić information content (AvgIpc) is 3.08. The number of nitrogen functional groups attached to an aromatic ring is 1. The number of rotatable bonds is 8. The van der Waals surface area contributed by atoms with Gasteiger partial charge in [-0.3, -0.25) is 0 Å². The predicted octanol–water partition coefficient (Wildman–Crippen LogP) is 5.13. The maximum absolute atomic E-state index is 11.9. The molecule has 0 aliphatic carbocycles. The van der Waals surface area contributed by atoms with Crippen molar-refractivity contribution in [1.29, 1.82) is 0 Å². The van der Waals surface area contributed by atoms with Crippen LogP contribution in [0.25, 0.3) is 11.6 Å². The molecular formula is C23H24ClN3O2. The van der Waals surface area contributed by atoms with Gasteiger partial charge in [-0.25, -0.2) is 9.78 Å². The van der Waals surface area contributed by atoms with Crippen LogP contribution in [0.2, 0.25) is 5.02 Å². The molecule has 0 bridgehead atoms. The van der Waals surface area contributed by atoms with Crippen molar-refractivity contribution in [3.05, 3.63) is 82.4 Å². The number of aromatic nitrogens is 2. The number of unbranched alkanes of at least 4 members (excludes halogenated alkanes) is 1. The molecule has 0 spiro atoms. The largest absolute Gasteiger partial charge is 0.478 e. The fourth-order valence-electron chi connectivity index (χ4n) is 3.14. The summed E-state index contributed by atoms with van der Waals surface area (Å²) in [6, 6.07) is 14.5. The average molecular weight is 410 g/mol. The lowest BCUT2D eigenvalue weighted by atomic mass is 10.0. The van der Waals surface area contributed by atoms with E-state index in [0.29, 0.717) is 22.8 Å². The van der Waals surface area contributed by atoms with Gasteiger partial charge in [-0.05, 0) is 41.8 Å². The zero-order valence-electron chi connectivity index (χ0n) is 16.3. The minimum atomic E-state index is -1.00. The van der Waals surface area contributed by atoms with Crippen LogP contribution in [0.1, 0.15) is 42.4 Å². The lowest BCUT2D eigenvalue weighted by Gasteiger charge is -2.12. The standard InChI is InChI=1S/C23H24ClN3O2/c1-2-3-8-22-26-14-19(27(22)15-17-6-4-5-7-21(17)24)13-20(23(28)29)16-9-11-18(25)12-10-16/h4-7,9-14H,2-3,8,15,25H2,1H3,(H,28,29)/b20-13+. The SMILES string of the molecule is CCCCc1ncc(/C=C(/C(=O)O)c2ccc(N)cc2)n1Cc1ccccc1Cl. The highest BCUT2D eigenvalue weighted by molar-refractivity contribution is 6.31. The summed E-state index contributed by atoms with van der Waals surface area (Å²) in [6.07, 6.45) is 6.26. The molecule has 6 heteroatoms. The van der Waals surface area contributed by atoms with E-state index in [1.165, 1.54) is 0 Å². The van der Waals surface area contributed by atoms with E-state index >= 15 is 0 Å². The molecule has 3 N–H and O–H groups in total. The summed E-state index contributed by atoms with van der Waals surface area (Å²) < 4.78 is 2.04. The Morgan fingerprint density at radius 1 is 1.21 bits per heavy atom. The highest BCUT2D eigenvalue weighted by Gasteiger charge is 2.15.